The lowest BCUT2D eigenvalue weighted by atomic mass is 10.2. The summed E-state index contributed by atoms with van der Waals surface area (Å²) in [6, 6.07) is 9.76. The molecule has 0 aliphatic rings. The molecule has 2 rings (SSSR count). The van der Waals surface area contributed by atoms with E-state index in [2.05, 4.69) is 5.32 Å². The Hall–Kier alpha value is -2.05. The predicted octanol–water partition coefficient (Wildman–Crippen LogP) is 3.77. The SMILES string of the molecule is Cc1ccc(S(C)(=O)=O)cc1NC(=O)[C@H](C)Oc1ccc(Cl)cc1C. The quantitative estimate of drug-likeness (QED) is 0.855. The van der Waals surface area contributed by atoms with Gasteiger partial charge < -0.3 is 10.1 Å². The number of halogens is 1. The molecule has 0 aliphatic heterocycles. The van der Waals surface area contributed by atoms with Gasteiger partial charge in [-0.2, -0.15) is 0 Å². The van der Waals surface area contributed by atoms with Crippen molar-refractivity contribution in [1.29, 1.82) is 0 Å². The van der Waals surface area contributed by atoms with Crippen LogP contribution in [0.15, 0.2) is 41.3 Å². The molecular weight excluding hydrogens is 362 g/mol. The number of hydrogen-bond acceptors (Lipinski definition) is 4. The Morgan fingerprint density at radius 2 is 1.80 bits per heavy atom. The smallest absolute Gasteiger partial charge is 0.265 e. The average molecular weight is 382 g/mol. The van der Waals surface area contributed by atoms with E-state index in [-0.39, 0.29) is 10.8 Å². The second-order valence-corrected chi connectivity index (χ2v) is 8.36. The molecule has 0 spiro atoms. The lowest BCUT2D eigenvalue weighted by molar-refractivity contribution is -0.122. The third-order valence-electron chi connectivity index (χ3n) is 3.71. The zero-order valence-electron chi connectivity index (χ0n) is 14.5. The van der Waals surface area contributed by atoms with Crippen LogP contribution in [-0.2, 0) is 14.6 Å². The molecule has 5 nitrogen and oxygen atoms in total. The number of nitrogens with one attached hydrogen (secondary N) is 1. The van der Waals surface area contributed by atoms with Gasteiger partial charge >= 0.3 is 0 Å². The standard InChI is InChI=1S/C18H20ClNO4S/c1-11-5-7-15(25(4,22)23)10-16(11)20-18(21)13(3)24-17-8-6-14(19)9-12(17)2/h5-10,13H,1-4H3,(H,20,21)/t13-/m0/s1. The highest BCUT2D eigenvalue weighted by Gasteiger charge is 2.18. The molecule has 0 saturated carbocycles. The number of carbonyl (C=O) groups is 1. The predicted molar refractivity (Wildman–Crippen MR) is 99.2 cm³/mol. The number of carbonyl (C=O) groups excluding carboxylic acids is 1. The van der Waals surface area contributed by atoms with Crippen LogP contribution in [0.4, 0.5) is 5.69 Å². The van der Waals surface area contributed by atoms with Crippen molar-refractivity contribution < 1.29 is 17.9 Å². The van der Waals surface area contributed by atoms with Crippen molar-refractivity contribution in [2.24, 2.45) is 0 Å². The Balaban J connectivity index is 2.16. The van der Waals surface area contributed by atoms with E-state index in [1.165, 1.54) is 12.1 Å². The van der Waals surface area contributed by atoms with Crippen LogP contribution in [0.2, 0.25) is 5.02 Å². The van der Waals surface area contributed by atoms with E-state index in [4.69, 9.17) is 16.3 Å². The monoisotopic (exact) mass is 381 g/mol. The van der Waals surface area contributed by atoms with Crippen molar-refractivity contribution in [2.45, 2.75) is 31.8 Å². The highest BCUT2D eigenvalue weighted by Crippen LogP contribution is 2.24. The van der Waals surface area contributed by atoms with Crippen molar-refractivity contribution in [3.63, 3.8) is 0 Å². The average Bonchev–Trinajstić information content (AvgIpc) is 2.50. The minimum Gasteiger partial charge on any atom is -0.481 e. The third kappa shape index (κ3) is 4.96. The molecule has 0 bridgehead atoms. The molecule has 1 N–H and O–H groups in total. The van der Waals surface area contributed by atoms with Gasteiger partial charge in [0.2, 0.25) is 0 Å². The minimum absolute atomic E-state index is 0.149. The van der Waals surface area contributed by atoms with Crippen LogP contribution in [0.1, 0.15) is 18.1 Å². The molecule has 2 aromatic rings. The van der Waals surface area contributed by atoms with Gasteiger partial charge in [0.1, 0.15) is 5.75 Å². The van der Waals surface area contributed by atoms with Gasteiger partial charge in [0.25, 0.3) is 5.91 Å². The van der Waals surface area contributed by atoms with E-state index in [1.807, 2.05) is 6.92 Å². The summed E-state index contributed by atoms with van der Waals surface area (Å²) in [6.07, 6.45) is 0.361. The van der Waals surface area contributed by atoms with Gasteiger partial charge in [-0.25, -0.2) is 8.42 Å². The van der Waals surface area contributed by atoms with E-state index in [1.54, 1.807) is 38.1 Å². The largest absolute Gasteiger partial charge is 0.481 e. The van der Waals surface area contributed by atoms with Gasteiger partial charge in [0, 0.05) is 17.0 Å². The summed E-state index contributed by atoms with van der Waals surface area (Å²) in [4.78, 5) is 12.5. The fourth-order valence-electron chi connectivity index (χ4n) is 2.19. The first-order valence-electron chi connectivity index (χ1n) is 7.62. The van der Waals surface area contributed by atoms with Gasteiger partial charge in [0.05, 0.1) is 4.90 Å². The molecule has 1 atom stereocenters. The molecule has 134 valence electrons. The number of benzene rings is 2. The van der Waals surface area contributed by atoms with Crippen LogP contribution in [0, 0.1) is 13.8 Å². The number of rotatable bonds is 5. The van der Waals surface area contributed by atoms with Gasteiger partial charge in [0.15, 0.2) is 15.9 Å². The molecule has 0 aliphatic carbocycles. The summed E-state index contributed by atoms with van der Waals surface area (Å²) in [5.41, 5.74) is 2.02. The van der Waals surface area contributed by atoms with E-state index < -0.39 is 15.9 Å². The molecule has 0 aromatic heterocycles. The maximum absolute atomic E-state index is 12.4. The van der Waals surface area contributed by atoms with Crippen molar-refractivity contribution >= 4 is 33.0 Å². The van der Waals surface area contributed by atoms with Crippen LogP contribution >= 0.6 is 11.6 Å². The van der Waals surface area contributed by atoms with Gasteiger partial charge in [-0.1, -0.05) is 17.7 Å². The van der Waals surface area contributed by atoms with Crippen LogP contribution in [-0.4, -0.2) is 26.7 Å². The van der Waals surface area contributed by atoms with Gasteiger partial charge in [-0.05, 0) is 62.2 Å². The number of ether oxygens (including phenoxy) is 1. The van der Waals surface area contributed by atoms with Crippen molar-refractivity contribution in [3.05, 3.63) is 52.5 Å². The van der Waals surface area contributed by atoms with E-state index in [0.717, 1.165) is 17.4 Å². The lowest BCUT2D eigenvalue weighted by Crippen LogP contribution is -2.30. The second-order valence-electron chi connectivity index (χ2n) is 5.91. The van der Waals surface area contributed by atoms with Crippen molar-refractivity contribution in [3.8, 4) is 5.75 Å². The van der Waals surface area contributed by atoms with Crippen LogP contribution in [0.5, 0.6) is 5.75 Å². The van der Waals surface area contributed by atoms with Gasteiger partial charge in [-0.3, -0.25) is 4.79 Å². The highest BCUT2D eigenvalue weighted by molar-refractivity contribution is 7.90. The zero-order chi connectivity index (χ0) is 18.8. The van der Waals surface area contributed by atoms with Crippen LogP contribution in [0.25, 0.3) is 0 Å². The molecule has 0 unspecified atom stereocenters. The molecular formula is C18H20ClNO4S. The minimum atomic E-state index is -3.35. The first-order valence-corrected chi connectivity index (χ1v) is 9.89. The topological polar surface area (TPSA) is 72.5 Å². The Morgan fingerprint density at radius 3 is 2.40 bits per heavy atom. The van der Waals surface area contributed by atoms with E-state index in [0.29, 0.717) is 16.5 Å². The number of hydrogen-bond donors (Lipinski definition) is 1. The Morgan fingerprint density at radius 1 is 1.12 bits per heavy atom. The maximum atomic E-state index is 12.4. The summed E-state index contributed by atoms with van der Waals surface area (Å²) >= 11 is 5.91. The van der Waals surface area contributed by atoms with Crippen LogP contribution < -0.4 is 10.1 Å². The highest BCUT2D eigenvalue weighted by atomic mass is 35.5. The van der Waals surface area contributed by atoms with Crippen LogP contribution in [0.3, 0.4) is 0 Å². The second kappa shape index (κ2) is 7.45. The fourth-order valence-corrected chi connectivity index (χ4v) is 3.06. The zero-order valence-corrected chi connectivity index (χ0v) is 16.0. The Bertz CT molecular complexity index is 909. The number of sulfone groups is 1. The summed E-state index contributed by atoms with van der Waals surface area (Å²) in [5, 5.41) is 3.31. The lowest BCUT2D eigenvalue weighted by Gasteiger charge is -2.17. The molecule has 0 fully saturated rings. The normalized spacial score (nSPS) is 12.5. The molecule has 7 heteroatoms. The Kier molecular flexibility index (Phi) is 5.75. The summed E-state index contributed by atoms with van der Waals surface area (Å²) < 4.78 is 29.0. The molecule has 2 aromatic carbocycles. The number of anilines is 1. The first kappa shape index (κ1) is 19.3. The molecule has 0 radical (unpaired) electrons. The third-order valence-corrected chi connectivity index (χ3v) is 5.05. The summed E-state index contributed by atoms with van der Waals surface area (Å²) in [6.45, 7) is 5.25. The van der Waals surface area contributed by atoms with Crippen molar-refractivity contribution in [1.82, 2.24) is 0 Å². The van der Waals surface area contributed by atoms with E-state index in [9.17, 15) is 13.2 Å². The summed E-state index contributed by atoms with van der Waals surface area (Å²) in [7, 11) is -3.35. The maximum Gasteiger partial charge on any atom is 0.265 e. The Labute approximate surface area is 152 Å². The molecule has 0 saturated heterocycles. The fraction of sp³-hybridized carbons (Fsp3) is 0.278. The van der Waals surface area contributed by atoms with E-state index >= 15 is 0 Å². The number of amides is 1. The van der Waals surface area contributed by atoms with Crippen molar-refractivity contribution in [2.75, 3.05) is 11.6 Å². The molecule has 25 heavy (non-hydrogen) atoms. The molecule has 0 heterocycles. The summed E-state index contributed by atoms with van der Waals surface area (Å²) in [5.74, 6) is 0.191. The first-order chi connectivity index (χ1) is 11.6. The number of aryl methyl sites for hydroxylation is 2. The molecule has 1 amide bonds. The van der Waals surface area contributed by atoms with Gasteiger partial charge in [-0.15, -0.1) is 0 Å².